The number of nitrogens with one attached hydrogen (secondary N) is 1. The number of aromatic nitrogens is 2. The van der Waals surface area contributed by atoms with Gasteiger partial charge in [0.05, 0.1) is 12.9 Å². The Kier molecular flexibility index (Phi) is 5.82. The van der Waals surface area contributed by atoms with Crippen LogP contribution in [0.5, 0.6) is 5.75 Å². The van der Waals surface area contributed by atoms with Crippen LogP contribution in [0.1, 0.15) is 28.2 Å². The minimum atomic E-state index is 0.0242. The summed E-state index contributed by atoms with van der Waals surface area (Å²) in [5.41, 5.74) is 2.50. The number of methoxy groups -OCH3 is 1. The Balaban J connectivity index is 1.37. The maximum atomic E-state index is 12.4. The van der Waals surface area contributed by atoms with Crippen molar-refractivity contribution in [2.45, 2.75) is 37.6 Å². The molecule has 0 bridgehead atoms. The molecule has 1 amide bonds. The van der Waals surface area contributed by atoms with Gasteiger partial charge in [-0.2, -0.15) is 0 Å². The number of aryl methyl sites for hydroxylation is 3. The molecular weight excluding hydrogens is 390 g/mol. The minimum absolute atomic E-state index is 0.0242. The van der Waals surface area contributed by atoms with Gasteiger partial charge in [-0.25, -0.2) is 9.97 Å². The monoisotopic (exact) mass is 413 g/mol. The van der Waals surface area contributed by atoms with Crippen LogP contribution in [-0.4, -0.2) is 35.3 Å². The molecule has 3 aromatic rings. The summed E-state index contributed by atoms with van der Waals surface area (Å²) in [7, 11) is 1.67. The van der Waals surface area contributed by atoms with Gasteiger partial charge in [0.2, 0.25) is 5.91 Å². The van der Waals surface area contributed by atoms with E-state index in [9.17, 15) is 4.79 Å². The molecule has 1 aliphatic carbocycles. The zero-order valence-corrected chi connectivity index (χ0v) is 17.7. The van der Waals surface area contributed by atoms with Gasteiger partial charge in [-0.3, -0.25) is 4.79 Å². The number of fused-ring (bicyclic) bond motifs is 3. The van der Waals surface area contributed by atoms with Crippen LogP contribution in [0.4, 0.5) is 0 Å². The first-order valence-electron chi connectivity index (χ1n) is 9.46. The molecular formula is C21H23N3O2S2. The second kappa shape index (κ2) is 8.49. The predicted molar refractivity (Wildman–Crippen MR) is 115 cm³/mol. The lowest BCUT2D eigenvalue weighted by molar-refractivity contribution is -0.118. The summed E-state index contributed by atoms with van der Waals surface area (Å²) in [6.45, 7) is 2.51. The van der Waals surface area contributed by atoms with E-state index < -0.39 is 0 Å². The number of amides is 1. The fraction of sp³-hybridized carbons (Fsp3) is 0.381. The van der Waals surface area contributed by atoms with E-state index >= 15 is 0 Å². The first-order chi connectivity index (χ1) is 13.7. The molecule has 7 heteroatoms. The maximum Gasteiger partial charge on any atom is 0.230 e. The molecule has 146 valence electrons. The van der Waals surface area contributed by atoms with Crippen molar-refractivity contribution < 1.29 is 9.53 Å². The van der Waals surface area contributed by atoms with Gasteiger partial charge in [0.15, 0.2) is 0 Å². The highest BCUT2D eigenvalue weighted by atomic mass is 32.2. The SMILES string of the molecule is COc1ccccc1CCNC(=O)CSc1nc(C)nc2sc3c(c12)CCC3. The van der Waals surface area contributed by atoms with Crippen LogP contribution < -0.4 is 10.1 Å². The molecule has 1 N–H and O–H groups in total. The smallest absolute Gasteiger partial charge is 0.230 e. The van der Waals surface area contributed by atoms with Crippen LogP contribution in [0.3, 0.4) is 0 Å². The van der Waals surface area contributed by atoms with Crippen LogP contribution in [-0.2, 0) is 24.1 Å². The summed E-state index contributed by atoms with van der Waals surface area (Å²) in [5, 5.41) is 5.13. The summed E-state index contributed by atoms with van der Waals surface area (Å²) in [6, 6.07) is 7.90. The predicted octanol–water partition coefficient (Wildman–Crippen LogP) is 3.95. The van der Waals surface area contributed by atoms with Gasteiger partial charge in [-0.15, -0.1) is 11.3 Å². The van der Waals surface area contributed by atoms with Crippen molar-refractivity contribution in [1.29, 1.82) is 0 Å². The van der Waals surface area contributed by atoms with Crippen LogP contribution in [0.25, 0.3) is 10.2 Å². The molecule has 2 aromatic heterocycles. The third-order valence-corrected chi connectivity index (χ3v) is 7.05. The van der Waals surface area contributed by atoms with Crippen molar-refractivity contribution in [1.82, 2.24) is 15.3 Å². The van der Waals surface area contributed by atoms with Crippen molar-refractivity contribution in [2.75, 3.05) is 19.4 Å². The lowest BCUT2D eigenvalue weighted by Crippen LogP contribution is -2.27. The number of carbonyl (C=O) groups is 1. The average molecular weight is 414 g/mol. The highest BCUT2D eigenvalue weighted by molar-refractivity contribution is 8.00. The van der Waals surface area contributed by atoms with Gasteiger partial charge in [-0.05, 0) is 49.8 Å². The molecule has 0 spiro atoms. The molecule has 0 radical (unpaired) electrons. The van der Waals surface area contributed by atoms with E-state index in [4.69, 9.17) is 4.74 Å². The first-order valence-corrected chi connectivity index (χ1v) is 11.3. The third kappa shape index (κ3) is 4.00. The second-order valence-corrected chi connectivity index (χ2v) is 8.86. The summed E-state index contributed by atoms with van der Waals surface area (Å²) in [4.78, 5) is 24.1. The Morgan fingerprint density at radius 1 is 1.29 bits per heavy atom. The molecule has 0 atom stereocenters. The largest absolute Gasteiger partial charge is 0.496 e. The second-order valence-electron chi connectivity index (χ2n) is 6.81. The lowest BCUT2D eigenvalue weighted by atomic mass is 10.1. The molecule has 0 saturated carbocycles. The van der Waals surface area contributed by atoms with Gasteiger partial charge < -0.3 is 10.1 Å². The fourth-order valence-corrected chi connectivity index (χ4v) is 5.90. The van der Waals surface area contributed by atoms with Crippen LogP contribution in [0, 0.1) is 6.92 Å². The van der Waals surface area contributed by atoms with Gasteiger partial charge in [-0.1, -0.05) is 30.0 Å². The number of ether oxygens (including phenoxy) is 1. The quantitative estimate of drug-likeness (QED) is 0.469. The molecule has 0 fully saturated rings. The number of thiophene rings is 1. The van der Waals surface area contributed by atoms with Gasteiger partial charge >= 0.3 is 0 Å². The number of carbonyl (C=O) groups excluding carboxylic acids is 1. The highest BCUT2D eigenvalue weighted by Gasteiger charge is 2.22. The summed E-state index contributed by atoms with van der Waals surface area (Å²) in [5.74, 6) is 2.02. The molecule has 1 aliphatic rings. The highest BCUT2D eigenvalue weighted by Crippen LogP contribution is 2.40. The molecule has 28 heavy (non-hydrogen) atoms. The third-order valence-electron chi connectivity index (χ3n) is 4.89. The lowest BCUT2D eigenvalue weighted by Gasteiger charge is -2.09. The number of thioether (sulfide) groups is 1. The summed E-state index contributed by atoms with van der Waals surface area (Å²) >= 11 is 3.30. The molecule has 0 unspecified atom stereocenters. The standard InChI is InChI=1S/C21H23N3O2S2/c1-13-23-20(19-15-7-5-9-17(15)28-21(19)24-13)27-12-18(25)22-11-10-14-6-3-4-8-16(14)26-2/h3-4,6,8H,5,7,9-12H2,1-2H3,(H,22,25). The Bertz CT molecular complexity index is 1020. The first kappa shape index (κ1) is 19.2. The Labute approximate surface area is 172 Å². The van der Waals surface area contributed by atoms with Crippen molar-refractivity contribution in [2.24, 2.45) is 0 Å². The topological polar surface area (TPSA) is 64.1 Å². The van der Waals surface area contributed by atoms with Gasteiger partial charge in [0.1, 0.15) is 21.4 Å². The van der Waals surface area contributed by atoms with Crippen molar-refractivity contribution in [3.63, 3.8) is 0 Å². The molecule has 0 saturated heterocycles. The maximum absolute atomic E-state index is 12.4. The van der Waals surface area contributed by atoms with E-state index in [1.165, 1.54) is 34.0 Å². The van der Waals surface area contributed by atoms with Crippen LogP contribution in [0.2, 0.25) is 0 Å². The fourth-order valence-electron chi connectivity index (χ4n) is 3.60. The van der Waals surface area contributed by atoms with Gasteiger partial charge in [0, 0.05) is 16.8 Å². The molecule has 2 heterocycles. The summed E-state index contributed by atoms with van der Waals surface area (Å²) in [6.07, 6.45) is 4.19. The van der Waals surface area contributed by atoms with Crippen molar-refractivity contribution in [3.05, 3.63) is 46.1 Å². The number of para-hydroxylation sites is 1. The normalized spacial score (nSPS) is 12.9. The minimum Gasteiger partial charge on any atom is -0.496 e. The number of rotatable bonds is 7. The molecule has 5 nitrogen and oxygen atoms in total. The number of nitrogens with zero attached hydrogens (tertiary/aromatic N) is 2. The molecule has 1 aromatic carbocycles. The summed E-state index contributed by atoms with van der Waals surface area (Å²) < 4.78 is 5.36. The van der Waals surface area contributed by atoms with E-state index in [0.29, 0.717) is 12.3 Å². The van der Waals surface area contributed by atoms with Crippen molar-refractivity contribution in [3.8, 4) is 5.75 Å². The van der Waals surface area contributed by atoms with E-state index in [1.807, 2.05) is 31.2 Å². The zero-order chi connectivity index (χ0) is 19.5. The molecule has 4 rings (SSSR count). The van der Waals surface area contributed by atoms with E-state index in [-0.39, 0.29) is 5.91 Å². The van der Waals surface area contributed by atoms with E-state index in [1.54, 1.807) is 18.4 Å². The van der Waals surface area contributed by atoms with Crippen molar-refractivity contribution >= 4 is 39.2 Å². The van der Waals surface area contributed by atoms with Crippen LogP contribution in [0.15, 0.2) is 29.3 Å². The number of benzene rings is 1. The number of hydrogen-bond donors (Lipinski definition) is 1. The molecule has 0 aliphatic heterocycles. The Hall–Kier alpha value is -2.12. The Morgan fingerprint density at radius 3 is 3.00 bits per heavy atom. The Morgan fingerprint density at radius 2 is 2.14 bits per heavy atom. The number of hydrogen-bond acceptors (Lipinski definition) is 6. The van der Waals surface area contributed by atoms with Crippen LogP contribution >= 0.6 is 23.1 Å². The zero-order valence-electron chi connectivity index (χ0n) is 16.1. The van der Waals surface area contributed by atoms with Gasteiger partial charge in [0.25, 0.3) is 0 Å². The van der Waals surface area contributed by atoms with E-state index in [0.717, 1.165) is 46.3 Å². The van der Waals surface area contributed by atoms with E-state index in [2.05, 4.69) is 15.3 Å². The average Bonchev–Trinajstić information content (AvgIpc) is 3.27.